The SMILES string of the molecule is OCC1(Cc2cnc3n[nH]nc3c2)CC1. The highest BCUT2D eigenvalue weighted by atomic mass is 16.3. The summed E-state index contributed by atoms with van der Waals surface area (Å²) in [4.78, 5) is 4.20. The van der Waals surface area contributed by atoms with Crippen molar-refractivity contribution in [3.05, 3.63) is 17.8 Å². The first kappa shape index (κ1) is 8.79. The molecule has 3 rings (SSSR count). The van der Waals surface area contributed by atoms with Gasteiger partial charge in [0.25, 0.3) is 0 Å². The van der Waals surface area contributed by atoms with Crippen molar-refractivity contribution < 1.29 is 5.11 Å². The van der Waals surface area contributed by atoms with Crippen LogP contribution in [0, 0.1) is 5.41 Å². The van der Waals surface area contributed by atoms with Crippen LogP contribution in [0.4, 0.5) is 0 Å². The largest absolute Gasteiger partial charge is 0.396 e. The Labute approximate surface area is 86.5 Å². The second-order valence-electron chi connectivity index (χ2n) is 4.34. The second kappa shape index (κ2) is 3.00. The van der Waals surface area contributed by atoms with Crippen LogP contribution in [0.1, 0.15) is 18.4 Å². The summed E-state index contributed by atoms with van der Waals surface area (Å²) in [6.07, 6.45) is 4.93. The molecule has 1 aliphatic rings. The smallest absolute Gasteiger partial charge is 0.201 e. The van der Waals surface area contributed by atoms with Crippen LogP contribution in [0.3, 0.4) is 0 Å². The van der Waals surface area contributed by atoms with E-state index in [0.717, 1.165) is 30.3 Å². The van der Waals surface area contributed by atoms with Gasteiger partial charge in [0.15, 0.2) is 0 Å². The van der Waals surface area contributed by atoms with E-state index in [2.05, 4.69) is 20.4 Å². The van der Waals surface area contributed by atoms with Gasteiger partial charge in [-0.15, -0.1) is 5.10 Å². The van der Waals surface area contributed by atoms with Gasteiger partial charge in [-0.25, -0.2) is 4.98 Å². The summed E-state index contributed by atoms with van der Waals surface area (Å²) in [5.74, 6) is 0. The van der Waals surface area contributed by atoms with E-state index in [1.165, 1.54) is 0 Å². The molecule has 0 saturated heterocycles. The van der Waals surface area contributed by atoms with Gasteiger partial charge in [0.05, 0.1) is 0 Å². The fourth-order valence-corrected chi connectivity index (χ4v) is 1.88. The maximum Gasteiger partial charge on any atom is 0.201 e. The topological polar surface area (TPSA) is 74.7 Å². The molecule has 0 aliphatic heterocycles. The molecule has 5 heteroatoms. The van der Waals surface area contributed by atoms with Crippen molar-refractivity contribution in [2.75, 3.05) is 6.61 Å². The number of aliphatic hydroxyl groups is 1. The van der Waals surface area contributed by atoms with Gasteiger partial charge in [0, 0.05) is 12.8 Å². The van der Waals surface area contributed by atoms with E-state index in [0.29, 0.717) is 5.65 Å². The highest BCUT2D eigenvalue weighted by molar-refractivity contribution is 5.69. The van der Waals surface area contributed by atoms with Crippen molar-refractivity contribution in [3.8, 4) is 0 Å². The molecule has 1 fully saturated rings. The first-order chi connectivity index (χ1) is 7.31. The van der Waals surface area contributed by atoms with E-state index in [9.17, 15) is 5.11 Å². The minimum absolute atomic E-state index is 0.124. The Kier molecular flexibility index (Phi) is 1.76. The minimum Gasteiger partial charge on any atom is -0.396 e. The molecule has 1 saturated carbocycles. The number of aromatic amines is 1. The molecule has 0 atom stereocenters. The number of hydrogen-bond acceptors (Lipinski definition) is 4. The maximum atomic E-state index is 9.24. The van der Waals surface area contributed by atoms with Gasteiger partial charge in [0.2, 0.25) is 5.65 Å². The first-order valence-corrected chi connectivity index (χ1v) is 5.08. The van der Waals surface area contributed by atoms with Crippen molar-refractivity contribution in [2.45, 2.75) is 19.3 Å². The van der Waals surface area contributed by atoms with E-state index in [-0.39, 0.29) is 12.0 Å². The lowest BCUT2D eigenvalue weighted by Crippen LogP contribution is -2.10. The van der Waals surface area contributed by atoms with Gasteiger partial charge >= 0.3 is 0 Å². The predicted molar refractivity (Wildman–Crippen MR) is 54.1 cm³/mol. The Morgan fingerprint density at radius 2 is 2.27 bits per heavy atom. The Morgan fingerprint density at radius 3 is 3.00 bits per heavy atom. The molecular formula is C10H12N4O. The predicted octanol–water partition coefficient (Wildman–Crippen LogP) is 0.668. The van der Waals surface area contributed by atoms with Gasteiger partial charge in [-0.05, 0) is 36.3 Å². The number of nitrogens with one attached hydrogen (secondary N) is 1. The zero-order valence-corrected chi connectivity index (χ0v) is 8.27. The number of rotatable bonds is 3. The molecule has 2 aromatic heterocycles. The Morgan fingerprint density at radius 1 is 1.40 bits per heavy atom. The molecule has 0 aromatic carbocycles. The molecule has 0 radical (unpaired) electrons. The molecule has 0 amide bonds. The molecule has 1 aliphatic carbocycles. The van der Waals surface area contributed by atoms with Gasteiger partial charge in [-0.1, -0.05) is 0 Å². The van der Waals surface area contributed by atoms with E-state index >= 15 is 0 Å². The van der Waals surface area contributed by atoms with Crippen molar-refractivity contribution in [2.24, 2.45) is 5.41 Å². The summed E-state index contributed by atoms with van der Waals surface area (Å²) in [7, 11) is 0. The number of H-pyrrole nitrogens is 1. The van der Waals surface area contributed by atoms with Crippen LogP contribution < -0.4 is 0 Å². The number of pyridine rings is 1. The van der Waals surface area contributed by atoms with Crippen LogP contribution in [0.5, 0.6) is 0 Å². The molecule has 15 heavy (non-hydrogen) atoms. The minimum atomic E-state index is 0.124. The van der Waals surface area contributed by atoms with Crippen molar-refractivity contribution >= 4 is 11.2 Å². The summed E-state index contributed by atoms with van der Waals surface area (Å²) in [6.45, 7) is 0.268. The average Bonchev–Trinajstić information content (AvgIpc) is 2.88. The number of aliphatic hydroxyl groups excluding tert-OH is 1. The molecular weight excluding hydrogens is 192 g/mol. The molecule has 0 spiro atoms. The van der Waals surface area contributed by atoms with E-state index in [1.807, 2.05) is 12.3 Å². The van der Waals surface area contributed by atoms with Crippen LogP contribution in [0.25, 0.3) is 11.2 Å². The molecule has 0 bridgehead atoms. The van der Waals surface area contributed by atoms with Gasteiger partial charge in [-0.2, -0.15) is 10.3 Å². The summed E-state index contributed by atoms with van der Waals surface area (Å²) in [6, 6.07) is 1.99. The average molecular weight is 204 g/mol. The van der Waals surface area contributed by atoms with E-state index in [4.69, 9.17) is 0 Å². The molecule has 2 aromatic rings. The van der Waals surface area contributed by atoms with Gasteiger partial charge in [-0.3, -0.25) is 0 Å². The quantitative estimate of drug-likeness (QED) is 0.770. The number of hydrogen-bond donors (Lipinski definition) is 2. The van der Waals surface area contributed by atoms with Crippen molar-refractivity contribution in [3.63, 3.8) is 0 Å². The standard InChI is InChI=1S/C10H12N4O/c15-6-10(1-2-10)4-7-3-8-9(11-5-7)13-14-12-8/h3,5,15H,1-2,4,6H2,(H,11,12,13,14). The van der Waals surface area contributed by atoms with Crippen LogP contribution in [-0.2, 0) is 6.42 Å². The fourth-order valence-electron chi connectivity index (χ4n) is 1.88. The summed E-state index contributed by atoms with van der Waals surface area (Å²) in [5, 5.41) is 19.7. The van der Waals surface area contributed by atoms with Gasteiger partial charge < -0.3 is 5.11 Å². The third kappa shape index (κ3) is 1.48. The molecule has 2 N–H and O–H groups in total. The normalized spacial score (nSPS) is 18.2. The number of fused-ring (bicyclic) bond motifs is 1. The lowest BCUT2D eigenvalue weighted by molar-refractivity contribution is 0.211. The van der Waals surface area contributed by atoms with Crippen LogP contribution >= 0.6 is 0 Å². The van der Waals surface area contributed by atoms with Crippen LogP contribution in [0.15, 0.2) is 12.3 Å². The zero-order valence-electron chi connectivity index (χ0n) is 8.27. The third-order valence-electron chi connectivity index (χ3n) is 3.10. The number of aromatic nitrogens is 4. The Bertz CT molecular complexity index is 489. The van der Waals surface area contributed by atoms with Gasteiger partial charge in [0.1, 0.15) is 5.52 Å². The van der Waals surface area contributed by atoms with E-state index in [1.54, 1.807) is 0 Å². The molecule has 5 nitrogen and oxygen atoms in total. The lowest BCUT2D eigenvalue weighted by Gasteiger charge is -2.10. The van der Waals surface area contributed by atoms with Crippen molar-refractivity contribution in [1.82, 2.24) is 20.4 Å². The molecule has 78 valence electrons. The zero-order chi connectivity index (χ0) is 10.3. The van der Waals surface area contributed by atoms with Crippen molar-refractivity contribution in [1.29, 1.82) is 0 Å². The third-order valence-corrected chi connectivity index (χ3v) is 3.10. The Balaban J connectivity index is 1.91. The monoisotopic (exact) mass is 204 g/mol. The second-order valence-corrected chi connectivity index (χ2v) is 4.34. The van der Waals surface area contributed by atoms with E-state index < -0.39 is 0 Å². The van der Waals surface area contributed by atoms with Crippen LogP contribution in [0.2, 0.25) is 0 Å². The first-order valence-electron chi connectivity index (χ1n) is 5.08. The summed E-state index contributed by atoms with van der Waals surface area (Å²) in [5.41, 5.74) is 2.69. The summed E-state index contributed by atoms with van der Waals surface area (Å²) < 4.78 is 0. The lowest BCUT2D eigenvalue weighted by atomic mass is 9.99. The van der Waals surface area contributed by atoms with Crippen LogP contribution in [-0.4, -0.2) is 32.1 Å². The molecule has 2 heterocycles. The maximum absolute atomic E-state index is 9.24. The highest BCUT2D eigenvalue weighted by Gasteiger charge is 2.41. The highest BCUT2D eigenvalue weighted by Crippen LogP contribution is 2.47. The number of nitrogens with zero attached hydrogens (tertiary/aromatic N) is 3. The Hall–Kier alpha value is -1.49. The summed E-state index contributed by atoms with van der Waals surface area (Å²) >= 11 is 0. The molecule has 0 unspecified atom stereocenters. The fraction of sp³-hybridized carbons (Fsp3) is 0.500.